The molecule has 1 amide bonds. The first kappa shape index (κ1) is 27.1. The van der Waals surface area contributed by atoms with Crippen molar-refractivity contribution in [3.63, 3.8) is 0 Å². The van der Waals surface area contributed by atoms with Gasteiger partial charge in [-0.25, -0.2) is 18.4 Å². The number of aromatic nitrogens is 2. The molecule has 2 N–H and O–H groups in total. The Kier molecular flexibility index (Phi) is 8.68. The first-order chi connectivity index (χ1) is 17.0. The van der Waals surface area contributed by atoms with Crippen LogP contribution in [0.4, 0.5) is 11.5 Å². The fourth-order valence-corrected chi connectivity index (χ4v) is 4.53. The Bertz CT molecular complexity index is 1270. The quantitative estimate of drug-likeness (QED) is 0.335. The smallest absolute Gasteiger partial charge is 0.263 e. The number of carbonyl (C=O) groups is 1. The number of rotatable bonds is 11. The molecule has 0 saturated heterocycles. The van der Waals surface area contributed by atoms with Crippen LogP contribution in [-0.4, -0.2) is 30.9 Å². The van der Waals surface area contributed by atoms with Crippen LogP contribution in [0.25, 0.3) is 0 Å². The number of hydrogen-bond donors (Lipinski definition) is 2. The largest absolute Gasteiger partial charge is 0.494 e. The molecule has 36 heavy (non-hydrogen) atoms. The van der Waals surface area contributed by atoms with E-state index >= 15 is 0 Å². The van der Waals surface area contributed by atoms with Gasteiger partial charge in [-0.05, 0) is 74.1 Å². The summed E-state index contributed by atoms with van der Waals surface area (Å²) >= 11 is 0. The lowest BCUT2D eigenvalue weighted by Gasteiger charge is -2.23. The molecule has 0 bridgehead atoms. The van der Waals surface area contributed by atoms with Gasteiger partial charge in [0.15, 0.2) is 0 Å². The van der Waals surface area contributed by atoms with Gasteiger partial charge in [0.05, 0.1) is 11.5 Å². The molecule has 1 aromatic heterocycles. The Balaban J connectivity index is 1.46. The highest BCUT2D eigenvalue weighted by atomic mass is 32.2. The highest BCUT2D eigenvalue weighted by Crippen LogP contribution is 2.28. The fourth-order valence-electron chi connectivity index (χ4n) is 3.54. The number of nitrogens with one attached hydrogen (secondary N) is 2. The van der Waals surface area contributed by atoms with Crippen LogP contribution in [0.1, 0.15) is 57.1 Å². The van der Waals surface area contributed by atoms with Crippen molar-refractivity contribution >= 4 is 27.4 Å². The third kappa shape index (κ3) is 7.52. The highest BCUT2D eigenvalue weighted by Gasteiger charge is 2.18. The Hall–Kier alpha value is -3.46. The lowest BCUT2D eigenvalue weighted by atomic mass is 9.82. The van der Waals surface area contributed by atoms with Gasteiger partial charge in [-0.3, -0.25) is 9.52 Å². The highest BCUT2D eigenvalue weighted by molar-refractivity contribution is 7.92. The molecule has 8 nitrogen and oxygen atoms in total. The number of nitrogens with zero attached hydrogens (tertiary/aromatic N) is 2. The molecule has 192 valence electrons. The summed E-state index contributed by atoms with van der Waals surface area (Å²) in [5, 5.41) is 2.78. The van der Waals surface area contributed by atoms with Gasteiger partial charge in [-0.2, -0.15) is 0 Å². The monoisotopic (exact) mass is 510 g/mol. The first-order valence-electron chi connectivity index (χ1n) is 12.0. The van der Waals surface area contributed by atoms with Gasteiger partial charge in [0, 0.05) is 23.9 Å². The molecule has 9 heteroatoms. The van der Waals surface area contributed by atoms with Crippen LogP contribution >= 0.6 is 0 Å². The Morgan fingerprint density at radius 3 is 2.28 bits per heavy atom. The number of hydrogen-bond acceptors (Lipinski definition) is 6. The lowest BCUT2D eigenvalue weighted by Crippen LogP contribution is -2.16. The summed E-state index contributed by atoms with van der Waals surface area (Å²) in [5.74, 6) is 1.30. The summed E-state index contributed by atoms with van der Waals surface area (Å²) in [5.41, 5.74) is 2.58. The molecule has 3 rings (SSSR count). The zero-order valence-electron chi connectivity index (χ0n) is 21.5. The predicted octanol–water partition coefficient (Wildman–Crippen LogP) is 5.38. The number of amides is 1. The van der Waals surface area contributed by atoms with E-state index in [0.717, 1.165) is 12.2 Å². The Morgan fingerprint density at radius 2 is 1.67 bits per heavy atom. The molecule has 1 heterocycles. The van der Waals surface area contributed by atoms with Crippen LogP contribution in [0.5, 0.6) is 5.75 Å². The molecule has 0 saturated carbocycles. The van der Waals surface area contributed by atoms with Gasteiger partial charge >= 0.3 is 0 Å². The van der Waals surface area contributed by atoms with Crippen LogP contribution in [0, 0.1) is 13.8 Å². The molecule has 0 aliphatic rings. The van der Waals surface area contributed by atoms with Crippen molar-refractivity contribution in [3.8, 4) is 5.75 Å². The summed E-state index contributed by atoms with van der Waals surface area (Å²) in [6, 6.07) is 15.6. The van der Waals surface area contributed by atoms with Gasteiger partial charge in [0.2, 0.25) is 5.91 Å². The third-order valence-electron chi connectivity index (χ3n) is 5.99. The standard InChI is InChI=1S/C27H34N4O4S/c1-6-27(4,5)21-9-13-23(14-10-21)35-17-7-8-26(32)30-22-11-15-24(16-12-22)36(33,34)31-25-18-19(2)28-20(3)29-25/h9-16,18H,6-8,17H2,1-5H3,(H,30,32)(H,28,29,31). The topological polar surface area (TPSA) is 110 Å². The second-order valence-corrected chi connectivity index (χ2v) is 11.0. The van der Waals surface area contributed by atoms with E-state index in [-0.39, 0.29) is 28.5 Å². The number of benzene rings is 2. The number of anilines is 2. The maximum absolute atomic E-state index is 12.7. The first-order valence-corrected chi connectivity index (χ1v) is 13.5. The number of aryl methyl sites for hydroxylation is 2. The van der Waals surface area contributed by atoms with Crippen molar-refractivity contribution in [2.75, 3.05) is 16.6 Å². The minimum Gasteiger partial charge on any atom is -0.494 e. The van der Waals surface area contributed by atoms with Gasteiger partial charge in [-0.1, -0.05) is 32.9 Å². The summed E-state index contributed by atoms with van der Waals surface area (Å²) in [6.07, 6.45) is 1.90. The number of ether oxygens (including phenoxy) is 1. The zero-order chi connectivity index (χ0) is 26.3. The summed E-state index contributed by atoms with van der Waals surface area (Å²) < 4.78 is 33.5. The fraction of sp³-hybridized carbons (Fsp3) is 0.370. The van der Waals surface area contributed by atoms with Crippen LogP contribution in [0.15, 0.2) is 59.5 Å². The molecule has 0 aliphatic heterocycles. The summed E-state index contributed by atoms with van der Waals surface area (Å²) in [6.45, 7) is 10.5. The van der Waals surface area contributed by atoms with Gasteiger partial charge in [0.25, 0.3) is 10.0 Å². The van der Waals surface area contributed by atoms with Crippen LogP contribution in [0.3, 0.4) is 0 Å². The molecule has 3 aromatic rings. The van der Waals surface area contributed by atoms with Gasteiger partial charge < -0.3 is 10.1 Å². The van der Waals surface area contributed by atoms with Crippen LogP contribution in [-0.2, 0) is 20.2 Å². The van der Waals surface area contributed by atoms with Crippen LogP contribution < -0.4 is 14.8 Å². The molecule has 0 radical (unpaired) electrons. The van der Waals surface area contributed by atoms with E-state index in [2.05, 4.69) is 52.9 Å². The minimum absolute atomic E-state index is 0.0659. The Labute approximate surface area is 213 Å². The molecule has 2 aromatic carbocycles. The molecule has 0 fully saturated rings. The second kappa shape index (κ2) is 11.5. The van der Waals surface area contributed by atoms with E-state index in [4.69, 9.17) is 4.74 Å². The maximum Gasteiger partial charge on any atom is 0.263 e. The predicted molar refractivity (Wildman–Crippen MR) is 142 cm³/mol. The normalized spacial score (nSPS) is 11.7. The van der Waals surface area contributed by atoms with Crippen molar-refractivity contribution < 1.29 is 17.9 Å². The van der Waals surface area contributed by atoms with Gasteiger partial charge in [0.1, 0.15) is 17.4 Å². The SMILES string of the molecule is CCC(C)(C)c1ccc(OCCCC(=O)Nc2ccc(S(=O)(=O)Nc3cc(C)nc(C)n3)cc2)cc1. The van der Waals surface area contributed by atoms with Crippen molar-refractivity contribution in [3.05, 3.63) is 71.7 Å². The Morgan fingerprint density at radius 1 is 1.00 bits per heavy atom. The lowest BCUT2D eigenvalue weighted by molar-refractivity contribution is -0.116. The molecular weight excluding hydrogens is 476 g/mol. The summed E-state index contributed by atoms with van der Waals surface area (Å²) in [7, 11) is -3.82. The van der Waals surface area contributed by atoms with Crippen molar-refractivity contribution in [1.29, 1.82) is 0 Å². The van der Waals surface area contributed by atoms with E-state index < -0.39 is 10.0 Å². The second-order valence-electron chi connectivity index (χ2n) is 9.33. The number of sulfonamides is 1. The number of carbonyl (C=O) groups excluding carboxylic acids is 1. The molecule has 0 aliphatic carbocycles. The summed E-state index contributed by atoms with van der Waals surface area (Å²) in [4.78, 5) is 20.6. The van der Waals surface area contributed by atoms with E-state index in [1.54, 1.807) is 32.0 Å². The third-order valence-corrected chi connectivity index (χ3v) is 7.36. The van der Waals surface area contributed by atoms with Crippen molar-refractivity contribution in [2.45, 2.75) is 64.2 Å². The minimum atomic E-state index is -3.82. The van der Waals surface area contributed by atoms with Crippen LogP contribution in [0.2, 0.25) is 0 Å². The molecule has 0 spiro atoms. The van der Waals surface area contributed by atoms with Crippen molar-refractivity contribution in [2.24, 2.45) is 0 Å². The van der Waals surface area contributed by atoms with E-state index in [1.807, 2.05) is 12.1 Å². The molecule has 0 unspecified atom stereocenters. The van der Waals surface area contributed by atoms with E-state index in [1.165, 1.54) is 17.7 Å². The zero-order valence-corrected chi connectivity index (χ0v) is 22.3. The average Bonchev–Trinajstić information content (AvgIpc) is 2.81. The molecular formula is C27H34N4O4S. The van der Waals surface area contributed by atoms with E-state index in [9.17, 15) is 13.2 Å². The maximum atomic E-state index is 12.7. The van der Waals surface area contributed by atoms with E-state index in [0.29, 0.717) is 30.2 Å². The van der Waals surface area contributed by atoms with Crippen molar-refractivity contribution in [1.82, 2.24) is 9.97 Å². The molecule has 0 atom stereocenters. The average molecular weight is 511 g/mol. The van der Waals surface area contributed by atoms with Gasteiger partial charge in [-0.15, -0.1) is 0 Å².